The van der Waals surface area contributed by atoms with E-state index in [-0.39, 0.29) is 32.8 Å². The summed E-state index contributed by atoms with van der Waals surface area (Å²) in [6, 6.07) is 0. The number of carbonyl (C=O) groups excluding carboxylic acids is 1. The molecule has 12 heteroatoms. The Morgan fingerprint density at radius 3 is 1.68 bits per heavy atom. The molecule has 0 aliphatic rings. The molecular weight excluding hydrogens is 697 g/mol. The number of esters is 1. The number of phosphoric ester groups is 1. The van der Waals surface area contributed by atoms with Gasteiger partial charge in [0.25, 0.3) is 0 Å². The van der Waals surface area contributed by atoms with Gasteiger partial charge < -0.3 is 35.4 Å². The van der Waals surface area contributed by atoms with Gasteiger partial charge in [0.2, 0.25) is 0 Å². The van der Waals surface area contributed by atoms with Crippen LogP contribution in [0.1, 0.15) is 187 Å². The lowest BCUT2D eigenvalue weighted by atomic mass is 10.0. The Kier molecular flexibility index (Phi) is 37.4. The molecule has 0 amide bonds. The van der Waals surface area contributed by atoms with Crippen LogP contribution in [-0.2, 0) is 27.9 Å². The summed E-state index contributed by atoms with van der Waals surface area (Å²) in [5.41, 5.74) is 5.35. The summed E-state index contributed by atoms with van der Waals surface area (Å²) in [5, 5.41) is 30.2. The van der Waals surface area contributed by atoms with Gasteiger partial charge in [-0.25, -0.2) is 4.57 Å². The van der Waals surface area contributed by atoms with Crippen molar-refractivity contribution in [2.24, 2.45) is 5.73 Å². The molecule has 0 aliphatic carbocycles. The molecule has 316 valence electrons. The monoisotopic (exact) mass is 780 g/mol. The molecule has 53 heavy (non-hydrogen) atoms. The van der Waals surface area contributed by atoms with Crippen LogP contribution >= 0.6 is 7.82 Å². The Balaban J connectivity index is 4.18. The van der Waals surface area contributed by atoms with Crippen molar-refractivity contribution in [3.63, 3.8) is 0 Å². The van der Waals surface area contributed by atoms with Crippen molar-refractivity contribution in [2.45, 2.75) is 212 Å². The molecule has 0 fully saturated rings. The predicted octanol–water partition coefficient (Wildman–Crippen LogP) is 9.22. The number of hydrogen-bond acceptors (Lipinski definition) is 10. The van der Waals surface area contributed by atoms with Gasteiger partial charge in [-0.15, -0.1) is 0 Å². The Morgan fingerprint density at radius 1 is 0.623 bits per heavy atom. The highest BCUT2D eigenvalue weighted by molar-refractivity contribution is 7.47. The van der Waals surface area contributed by atoms with Crippen molar-refractivity contribution < 1.29 is 48.1 Å². The number of nitrogens with two attached hydrogens (primary N) is 1. The van der Waals surface area contributed by atoms with E-state index in [0.717, 1.165) is 57.8 Å². The molecule has 0 aromatic carbocycles. The zero-order valence-electron chi connectivity index (χ0n) is 33.9. The number of ether oxygens (including phenoxy) is 2. The molecule has 0 rings (SSSR count). The number of unbranched alkanes of at least 4 members (excludes halogenated alkanes) is 21. The fourth-order valence-corrected chi connectivity index (χ4v) is 6.87. The van der Waals surface area contributed by atoms with Gasteiger partial charge in [-0.2, -0.15) is 0 Å². The van der Waals surface area contributed by atoms with Gasteiger partial charge in [0, 0.05) is 19.6 Å². The predicted molar refractivity (Wildman–Crippen MR) is 215 cm³/mol. The standard InChI is InChI=1S/C41H82NO10P/c1-3-5-7-8-9-10-11-12-13-14-15-16-17-18-22-26-33-49-35-38(36-51-53(47,48)50-34-32-42)52-41(46)29-25-21-19-20-24-27-37(43)30-31-40(45)39(44)28-23-6-4-2/h30-31,37-40,43-45H,3-29,32-36,42H2,1-2H3,(H,47,48)/b31-30+. The summed E-state index contributed by atoms with van der Waals surface area (Å²) in [5.74, 6) is -0.420. The van der Waals surface area contributed by atoms with Crippen molar-refractivity contribution in [1.29, 1.82) is 0 Å². The molecule has 5 unspecified atom stereocenters. The SMILES string of the molecule is CCCCCCCCCCCCCCCCCCOCC(COP(=O)(O)OCCN)OC(=O)CCCCCCCC(O)/C=C/C(O)C(O)CCCCC. The Bertz CT molecular complexity index is 880. The van der Waals surface area contributed by atoms with Crippen molar-refractivity contribution in [3.8, 4) is 0 Å². The lowest BCUT2D eigenvalue weighted by Gasteiger charge is -2.20. The first-order valence-corrected chi connectivity index (χ1v) is 23.0. The summed E-state index contributed by atoms with van der Waals surface area (Å²) < 4.78 is 33.3. The maximum Gasteiger partial charge on any atom is 0.472 e. The number of carbonyl (C=O) groups is 1. The van der Waals surface area contributed by atoms with Crippen molar-refractivity contribution in [1.82, 2.24) is 0 Å². The number of aliphatic hydroxyl groups excluding tert-OH is 3. The number of rotatable bonds is 41. The van der Waals surface area contributed by atoms with E-state index >= 15 is 0 Å². The molecule has 6 N–H and O–H groups in total. The van der Waals surface area contributed by atoms with E-state index in [2.05, 4.69) is 13.8 Å². The van der Waals surface area contributed by atoms with Gasteiger partial charge in [0.1, 0.15) is 6.10 Å². The molecule has 0 radical (unpaired) electrons. The topological polar surface area (TPSA) is 178 Å². The van der Waals surface area contributed by atoms with Crippen LogP contribution < -0.4 is 5.73 Å². The number of phosphoric acid groups is 1. The Hall–Kier alpha value is -0.880. The third-order valence-corrected chi connectivity index (χ3v) is 10.4. The second kappa shape index (κ2) is 38.0. The second-order valence-electron chi connectivity index (χ2n) is 14.7. The minimum Gasteiger partial charge on any atom is -0.457 e. The molecule has 11 nitrogen and oxygen atoms in total. The summed E-state index contributed by atoms with van der Waals surface area (Å²) in [6.45, 7) is 4.54. The van der Waals surface area contributed by atoms with Crippen molar-refractivity contribution in [3.05, 3.63) is 12.2 Å². The molecule has 0 spiro atoms. The second-order valence-corrected chi connectivity index (χ2v) is 16.1. The maximum atomic E-state index is 12.6. The normalized spacial score (nSPS) is 15.4. The van der Waals surface area contributed by atoms with E-state index in [0.29, 0.717) is 25.9 Å². The minimum atomic E-state index is -4.32. The average molecular weight is 780 g/mol. The van der Waals surface area contributed by atoms with E-state index in [1.165, 1.54) is 96.0 Å². The van der Waals surface area contributed by atoms with Crippen molar-refractivity contribution >= 4 is 13.8 Å². The Morgan fingerprint density at radius 2 is 1.11 bits per heavy atom. The quantitative estimate of drug-likeness (QED) is 0.0173. The molecule has 0 aromatic rings. The molecule has 0 saturated heterocycles. The third-order valence-electron chi connectivity index (χ3n) is 9.45. The van der Waals surface area contributed by atoms with Gasteiger partial charge in [-0.3, -0.25) is 13.8 Å². The summed E-state index contributed by atoms with van der Waals surface area (Å²) in [4.78, 5) is 22.5. The zero-order chi connectivity index (χ0) is 39.3. The molecule has 0 aliphatic heterocycles. The molecule has 0 saturated carbocycles. The van der Waals surface area contributed by atoms with Crippen molar-refractivity contribution in [2.75, 3.05) is 33.0 Å². The fourth-order valence-electron chi connectivity index (χ4n) is 6.10. The number of aliphatic hydroxyl groups is 3. The lowest BCUT2D eigenvalue weighted by Crippen LogP contribution is -2.28. The van der Waals surface area contributed by atoms with Crippen LogP contribution in [0.5, 0.6) is 0 Å². The lowest BCUT2D eigenvalue weighted by molar-refractivity contribution is -0.154. The molecule has 0 bridgehead atoms. The van der Waals surface area contributed by atoms with Crippen LogP contribution in [0.3, 0.4) is 0 Å². The van der Waals surface area contributed by atoms with E-state index < -0.39 is 38.2 Å². The molecule has 0 heterocycles. The van der Waals surface area contributed by atoms with Gasteiger partial charge in [0.15, 0.2) is 0 Å². The van der Waals surface area contributed by atoms with E-state index in [4.69, 9.17) is 24.3 Å². The molecule has 5 atom stereocenters. The van der Waals surface area contributed by atoms with Gasteiger partial charge in [-0.05, 0) is 25.7 Å². The van der Waals surface area contributed by atoms with Crippen LogP contribution in [-0.4, -0.2) is 83.6 Å². The van der Waals surface area contributed by atoms with Crippen LogP contribution in [0.15, 0.2) is 12.2 Å². The number of hydrogen-bond donors (Lipinski definition) is 5. The first-order valence-electron chi connectivity index (χ1n) is 21.5. The van der Waals surface area contributed by atoms with Gasteiger partial charge in [0.05, 0.1) is 38.1 Å². The van der Waals surface area contributed by atoms with Crippen LogP contribution in [0, 0.1) is 0 Å². The Labute approximate surface area is 323 Å². The average Bonchev–Trinajstić information content (AvgIpc) is 3.14. The fraction of sp³-hybridized carbons (Fsp3) is 0.927. The van der Waals surface area contributed by atoms with Gasteiger partial charge in [-0.1, -0.05) is 167 Å². The van der Waals surface area contributed by atoms with E-state index in [1.54, 1.807) is 6.08 Å². The van der Waals surface area contributed by atoms with Gasteiger partial charge >= 0.3 is 13.8 Å². The van der Waals surface area contributed by atoms with E-state index in [9.17, 15) is 29.6 Å². The van der Waals surface area contributed by atoms with Crippen LogP contribution in [0.25, 0.3) is 0 Å². The van der Waals surface area contributed by atoms with Crippen LogP contribution in [0.2, 0.25) is 0 Å². The molecular formula is C41H82NO10P. The first-order chi connectivity index (χ1) is 25.6. The van der Waals surface area contributed by atoms with Crippen LogP contribution in [0.4, 0.5) is 0 Å². The maximum absolute atomic E-state index is 12.6. The highest BCUT2D eigenvalue weighted by Gasteiger charge is 2.25. The third kappa shape index (κ3) is 36.5. The highest BCUT2D eigenvalue weighted by atomic mass is 31.2. The highest BCUT2D eigenvalue weighted by Crippen LogP contribution is 2.43. The van der Waals surface area contributed by atoms with E-state index in [1.807, 2.05) is 0 Å². The minimum absolute atomic E-state index is 0.0625. The first kappa shape index (κ1) is 52.1. The summed E-state index contributed by atoms with van der Waals surface area (Å²) >= 11 is 0. The molecule has 0 aromatic heterocycles. The smallest absolute Gasteiger partial charge is 0.457 e. The summed E-state index contributed by atoms with van der Waals surface area (Å²) in [6.07, 6.45) is 28.7. The zero-order valence-corrected chi connectivity index (χ0v) is 34.7. The largest absolute Gasteiger partial charge is 0.472 e. The summed E-state index contributed by atoms with van der Waals surface area (Å²) in [7, 11) is -4.32.